The van der Waals surface area contributed by atoms with E-state index in [1.165, 1.54) is 13.0 Å². The van der Waals surface area contributed by atoms with Crippen LogP contribution in [0.3, 0.4) is 0 Å². The Hall–Kier alpha value is -1.32. The number of amides is 1. The van der Waals surface area contributed by atoms with Crippen molar-refractivity contribution in [2.45, 2.75) is 77.5 Å². The molecule has 3 aliphatic heterocycles. The van der Waals surface area contributed by atoms with Gasteiger partial charge in [-0.15, -0.1) is 0 Å². The van der Waals surface area contributed by atoms with Gasteiger partial charge in [0.15, 0.2) is 5.82 Å². The maximum absolute atomic E-state index is 12.4. The molecule has 0 spiro atoms. The van der Waals surface area contributed by atoms with Crippen LogP contribution in [0.2, 0.25) is 0 Å². The lowest BCUT2D eigenvalue weighted by Crippen LogP contribution is -2.53. The number of piperidine rings is 2. The summed E-state index contributed by atoms with van der Waals surface area (Å²) in [6, 6.07) is 0.297. The molecule has 192 valence electrons. The molecule has 1 amide bonds. The van der Waals surface area contributed by atoms with Gasteiger partial charge in [-0.2, -0.15) is 5.10 Å². The Morgan fingerprint density at radius 2 is 1.82 bits per heavy atom. The zero-order valence-corrected chi connectivity index (χ0v) is 23.1. The van der Waals surface area contributed by atoms with E-state index < -0.39 is 5.60 Å². The molecule has 0 aliphatic carbocycles. The molecule has 4 rings (SSSR count). The molecule has 34 heavy (non-hydrogen) atoms. The van der Waals surface area contributed by atoms with E-state index in [9.17, 15) is 4.79 Å². The minimum Gasteiger partial charge on any atom is -0.444 e. The van der Waals surface area contributed by atoms with E-state index in [0.29, 0.717) is 25.0 Å². The smallest absolute Gasteiger partial charge is 0.410 e. The summed E-state index contributed by atoms with van der Waals surface area (Å²) in [6.07, 6.45) is 6.04. The van der Waals surface area contributed by atoms with Crippen molar-refractivity contribution in [2.75, 3.05) is 57.4 Å². The van der Waals surface area contributed by atoms with E-state index >= 15 is 0 Å². The first-order chi connectivity index (χ1) is 16.0. The first-order valence-corrected chi connectivity index (χ1v) is 13.6. The van der Waals surface area contributed by atoms with Gasteiger partial charge < -0.3 is 19.3 Å². The molecule has 1 aromatic rings. The molecule has 4 heterocycles. The van der Waals surface area contributed by atoms with E-state index in [0.717, 1.165) is 62.4 Å². The minimum absolute atomic E-state index is 0.0526. The monoisotopic (exact) mass is 539 g/mol. The van der Waals surface area contributed by atoms with Gasteiger partial charge in [-0.1, -0.05) is 0 Å². The number of hydrogen-bond acceptors (Lipinski definition) is 6. The molecule has 8 nitrogen and oxygen atoms in total. The lowest BCUT2D eigenvalue weighted by molar-refractivity contribution is 0.0184. The molecule has 0 bridgehead atoms. The normalized spacial score (nSPS) is 24.9. The number of carbonyl (C=O) groups is 1. The number of rotatable bonds is 4. The van der Waals surface area contributed by atoms with E-state index in [2.05, 4.69) is 50.5 Å². The first kappa shape index (κ1) is 25.8. The highest BCUT2D eigenvalue weighted by Crippen LogP contribution is 2.39. The number of aromatic nitrogens is 2. The first-order valence-electron chi connectivity index (χ1n) is 12.8. The number of morpholine rings is 1. The zero-order chi connectivity index (χ0) is 24.5. The van der Waals surface area contributed by atoms with E-state index in [-0.39, 0.29) is 11.6 Å². The summed E-state index contributed by atoms with van der Waals surface area (Å²) < 4.78 is 14.2. The molecule has 0 N–H and O–H groups in total. The number of carbonyl (C=O) groups excluding carboxylic acids is 1. The quantitative estimate of drug-likeness (QED) is 0.559. The molecule has 1 atom stereocenters. The highest BCUT2D eigenvalue weighted by molar-refractivity contribution is 9.10. The van der Waals surface area contributed by atoms with Crippen LogP contribution in [-0.4, -0.2) is 89.3 Å². The molecule has 0 radical (unpaired) electrons. The second kappa shape index (κ2) is 10.3. The Labute approximate surface area is 213 Å². The fourth-order valence-electron chi connectivity index (χ4n) is 5.60. The van der Waals surface area contributed by atoms with Gasteiger partial charge >= 0.3 is 6.09 Å². The number of likely N-dealkylation sites (tertiary alicyclic amines) is 1. The minimum atomic E-state index is -0.460. The van der Waals surface area contributed by atoms with Gasteiger partial charge in [0.2, 0.25) is 0 Å². The van der Waals surface area contributed by atoms with Crippen LogP contribution in [0.5, 0.6) is 0 Å². The van der Waals surface area contributed by atoms with Crippen molar-refractivity contribution in [1.29, 1.82) is 0 Å². The van der Waals surface area contributed by atoms with Crippen molar-refractivity contribution >= 4 is 27.8 Å². The van der Waals surface area contributed by atoms with Crippen LogP contribution in [0.15, 0.2) is 10.7 Å². The number of nitrogens with zero attached hydrogens (tertiary/aromatic N) is 5. The molecular weight excluding hydrogens is 498 g/mol. The zero-order valence-electron chi connectivity index (χ0n) is 21.6. The molecule has 0 saturated carbocycles. The second-order valence-electron chi connectivity index (χ2n) is 11.7. The number of halogens is 1. The van der Waals surface area contributed by atoms with E-state index in [1.54, 1.807) is 0 Å². The van der Waals surface area contributed by atoms with Crippen molar-refractivity contribution in [3.05, 3.63) is 10.7 Å². The third kappa shape index (κ3) is 6.26. The van der Waals surface area contributed by atoms with Crippen LogP contribution in [0, 0.1) is 5.92 Å². The summed E-state index contributed by atoms with van der Waals surface area (Å²) >= 11 is 3.80. The Bertz CT molecular complexity index is 838. The van der Waals surface area contributed by atoms with Gasteiger partial charge in [0.1, 0.15) is 5.60 Å². The molecule has 1 aromatic heterocycles. The Kier molecular flexibility index (Phi) is 7.84. The highest BCUT2D eigenvalue weighted by atomic mass is 79.9. The van der Waals surface area contributed by atoms with Crippen LogP contribution in [-0.2, 0) is 9.47 Å². The molecule has 0 unspecified atom stereocenters. The highest BCUT2D eigenvalue weighted by Gasteiger charge is 2.38. The van der Waals surface area contributed by atoms with E-state index in [1.807, 2.05) is 25.7 Å². The predicted molar refractivity (Wildman–Crippen MR) is 137 cm³/mol. The van der Waals surface area contributed by atoms with E-state index in [4.69, 9.17) is 14.6 Å². The van der Waals surface area contributed by atoms with Crippen molar-refractivity contribution in [3.63, 3.8) is 0 Å². The predicted octanol–water partition coefficient (Wildman–Crippen LogP) is 4.54. The lowest BCUT2D eigenvalue weighted by Gasteiger charge is -2.47. The maximum atomic E-state index is 12.4. The van der Waals surface area contributed by atoms with Crippen LogP contribution >= 0.6 is 15.9 Å². The number of ether oxygens (including phenoxy) is 2. The summed E-state index contributed by atoms with van der Waals surface area (Å²) in [5.74, 6) is 1.76. The number of hydrogen-bond donors (Lipinski definition) is 0. The summed E-state index contributed by atoms with van der Waals surface area (Å²) in [4.78, 5) is 19.3. The van der Waals surface area contributed by atoms with Gasteiger partial charge in [0, 0.05) is 51.0 Å². The van der Waals surface area contributed by atoms with Crippen molar-refractivity contribution in [3.8, 4) is 0 Å². The van der Waals surface area contributed by atoms with Crippen LogP contribution in [0.1, 0.15) is 66.3 Å². The fourth-order valence-corrected chi connectivity index (χ4v) is 6.10. The standard InChI is InChI=1S/C25H42BrN5O3/c1-24(2,3)34-23(32)29-9-7-20(8-10-29)31-18-21(26)22(27-31)30-11-6-19(16-25(30,4)5)17-28-12-14-33-15-13-28/h18-20H,6-17H2,1-5H3/t19-/m1/s1. The summed E-state index contributed by atoms with van der Waals surface area (Å²) in [7, 11) is 0. The van der Waals surface area contributed by atoms with Crippen LogP contribution in [0.4, 0.5) is 10.6 Å². The van der Waals surface area contributed by atoms with Crippen molar-refractivity contribution in [1.82, 2.24) is 19.6 Å². The van der Waals surface area contributed by atoms with Gasteiger partial charge in [-0.05, 0) is 82.1 Å². The van der Waals surface area contributed by atoms with Gasteiger partial charge in [-0.25, -0.2) is 4.79 Å². The van der Waals surface area contributed by atoms with Crippen LogP contribution < -0.4 is 4.90 Å². The maximum Gasteiger partial charge on any atom is 0.410 e. The van der Waals surface area contributed by atoms with Crippen molar-refractivity contribution < 1.29 is 14.3 Å². The largest absolute Gasteiger partial charge is 0.444 e. The van der Waals surface area contributed by atoms with Crippen LogP contribution in [0.25, 0.3) is 0 Å². The second-order valence-corrected chi connectivity index (χ2v) is 12.6. The average molecular weight is 541 g/mol. The summed E-state index contributed by atoms with van der Waals surface area (Å²) in [5, 5.41) is 5.06. The number of anilines is 1. The molecule has 9 heteroatoms. The molecule has 3 aliphatic rings. The SMILES string of the molecule is CC(C)(C)OC(=O)N1CCC(n2cc(Br)c(N3CC[C@@H](CN4CCOCC4)CC3(C)C)n2)CC1. The summed E-state index contributed by atoms with van der Waals surface area (Å²) in [6.45, 7) is 17.9. The van der Waals surface area contributed by atoms with Gasteiger partial charge in [-0.3, -0.25) is 9.58 Å². The fraction of sp³-hybridized carbons (Fsp3) is 0.840. The molecule has 0 aromatic carbocycles. The summed E-state index contributed by atoms with van der Waals surface area (Å²) in [5.41, 5.74) is -0.408. The Morgan fingerprint density at radius 1 is 1.15 bits per heavy atom. The van der Waals surface area contributed by atoms with Crippen molar-refractivity contribution in [2.24, 2.45) is 5.92 Å². The third-order valence-corrected chi connectivity index (χ3v) is 7.87. The average Bonchev–Trinajstić information content (AvgIpc) is 3.14. The Morgan fingerprint density at radius 3 is 2.44 bits per heavy atom. The van der Waals surface area contributed by atoms with Gasteiger partial charge in [0.05, 0.1) is 23.7 Å². The molecular formula is C25H42BrN5O3. The Balaban J connectivity index is 1.35. The molecule has 3 saturated heterocycles. The lowest BCUT2D eigenvalue weighted by atomic mass is 9.82. The third-order valence-electron chi connectivity index (χ3n) is 7.32. The van der Waals surface area contributed by atoms with Gasteiger partial charge in [0.25, 0.3) is 0 Å². The molecule has 3 fully saturated rings. The topological polar surface area (TPSA) is 63.1 Å².